The largest absolute Gasteiger partial charge is 0.453 e. The fourth-order valence-corrected chi connectivity index (χ4v) is 3.85. The number of nitrogens with one attached hydrogen (secondary N) is 2. The molecule has 0 aliphatic heterocycles. The Kier molecular flexibility index (Phi) is 6.52. The van der Waals surface area contributed by atoms with Crippen LogP contribution in [0, 0.1) is 13.8 Å². The summed E-state index contributed by atoms with van der Waals surface area (Å²) in [5, 5.41) is 0. The number of aromatic amines is 1. The molecule has 2 N–H and O–H groups in total. The second kappa shape index (κ2) is 8.49. The highest BCUT2D eigenvalue weighted by molar-refractivity contribution is 7.89. The fraction of sp³-hybridized carbons (Fsp3) is 0.316. The minimum atomic E-state index is -3.86. The van der Waals surface area contributed by atoms with E-state index in [1.807, 2.05) is 0 Å². The molecular formula is C19H22N2O6S. The van der Waals surface area contributed by atoms with E-state index < -0.39 is 34.4 Å². The average molecular weight is 406 g/mol. The molecule has 9 heteroatoms. The Morgan fingerprint density at radius 1 is 1.14 bits per heavy atom. The monoisotopic (exact) mass is 406 g/mol. The number of ether oxygens (including phenoxy) is 1. The third-order valence-electron chi connectivity index (χ3n) is 4.17. The molecule has 1 heterocycles. The molecule has 0 aliphatic rings. The molecule has 28 heavy (non-hydrogen) atoms. The van der Waals surface area contributed by atoms with Gasteiger partial charge in [-0.1, -0.05) is 18.2 Å². The van der Waals surface area contributed by atoms with Gasteiger partial charge in [0.25, 0.3) is 0 Å². The summed E-state index contributed by atoms with van der Waals surface area (Å²) in [6, 6.07) is 7.57. The molecule has 1 atom stereocenters. The second-order valence-corrected chi connectivity index (χ2v) is 8.08. The van der Waals surface area contributed by atoms with Crippen molar-refractivity contribution in [2.45, 2.75) is 38.7 Å². The number of carbonyl (C=O) groups is 3. The van der Waals surface area contributed by atoms with E-state index in [1.54, 1.807) is 32.0 Å². The summed E-state index contributed by atoms with van der Waals surface area (Å²) in [4.78, 5) is 39.1. The van der Waals surface area contributed by atoms with Crippen LogP contribution < -0.4 is 4.72 Å². The molecule has 0 saturated carbocycles. The van der Waals surface area contributed by atoms with Crippen LogP contribution in [0.25, 0.3) is 0 Å². The van der Waals surface area contributed by atoms with Gasteiger partial charge in [-0.2, -0.15) is 4.72 Å². The van der Waals surface area contributed by atoms with Gasteiger partial charge >= 0.3 is 5.97 Å². The smallest absolute Gasteiger partial charge is 0.321 e. The first-order valence-corrected chi connectivity index (χ1v) is 10.0. The fourth-order valence-electron chi connectivity index (χ4n) is 2.86. The van der Waals surface area contributed by atoms with E-state index in [0.717, 1.165) is 0 Å². The van der Waals surface area contributed by atoms with Gasteiger partial charge in [0.05, 0.1) is 10.6 Å². The molecule has 0 radical (unpaired) electrons. The molecule has 0 amide bonds. The first-order valence-electron chi connectivity index (χ1n) is 8.53. The van der Waals surface area contributed by atoms with Crippen molar-refractivity contribution in [3.8, 4) is 0 Å². The van der Waals surface area contributed by atoms with Crippen molar-refractivity contribution in [3.05, 3.63) is 52.8 Å². The van der Waals surface area contributed by atoms with Crippen LogP contribution >= 0.6 is 0 Å². The van der Waals surface area contributed by atoms with Crippen molar-refractivity contribution >= 4 is 27.6 Å². The number of rotatable bonds is 8. The number of esters is 1. The summed E-state index contributed by atoms with van der Waals surface area (Å²) < 4.78 is 31.4. The minimum Gasteiger partial charge on any atom is -0.453 e. The average Bonchev–Trinajstić information content (AvgIpc) is 2.94. The molecule has 8 nitrogen and oxygen atoms in total. The van der Waals surface area contributed by atoms with Crippen molar-refractivity contribution in [2.24, 2.45) is 0 Å². The van der Waals surface area contributed by atoms with Crippen LogP contribution in [0.15, 0.2) is 35.2 Å². The predicted molar refractivity (Wildman–Crippen MR) is 102 cm³/mol. The van der Waals surface area contributed by atoms with Gasteiger partial charge in [0.2, 0.25) is 15.8 Å². The number of hydrogen-bond donors (Lipinski definition) is 2. The zero-order valence-electron chi connectivity index (χ0n) is 16.0. The summed E-state index contributed by atoms with van der Waals surface area (Å²) in [6.45, 7) is 5.48. The number of ketones is 2. The summed E-state index contributed by atoms with van der Waals surface area (Å²) in [5.74, 6) is -1.58. The highest BCUT2D eigenvalue weighted by atomic mass is 32.2. The first-order chi connectivity index (χ1) is 13.0. The summed E-state index contributed by atoms with van der Waals surface area (Å²) >= 11 is 0. The van der Waals surface area contributed by atoms with Crippen LogP contribution in [0.5, 0.6) is 0 Å². The lowest BCUT2D eigenvalue weighted by Crippen LogP contribution is -2.34. The lowest BCUT2D eigenvalue weighted by atomic mass is 10.0. The lowest BCUT2D eigenvalue weighted by Gasteiger charge is -2.13. The van der Waals surface area contributed by atoms with Crippen molar-refractivity contribution in [1.82, 2.24) is 9.71 Å². The number of Topliss-reactive ketones (excluding diaryl/α,β-unsaturated/α-hetero) is 2. The van der Waals surface area contributed by atoms with E-state index in [-0.39, 0.29) is 16.4 Å². The molecule has 0 spiro atoms. The Hall–Kier alpha value is -2.78. The maximum Gasteiger partial charge on any atom is 0.321 e. The van der Waals surface area contributed by atoms with E-state index >= 15 is 0 Å². The van der Waals surface area contributed by atoms with Crippen LogP contribution in [0.2, 0.25) is 0 Å². The Balaban J connectivity index is 2.02. The number of hydrogen-bond acceptors (Lipinski definition) is 6. The molecule has 0 saturated heterocycles. The van der Waals surface area contributed by atoms with Gasteiger partial charge in [-0.3, -0.25) is 14.4 Å². The van der Waals surface area contributed by atoms with Gasteiger partial charge in [-0.25, -0.2) is 8.42 Å². The quantitative estimate of drug-likeness (QED) is 0.510. The third kappa shape index (κ3) is 4.73. The molecule has 1 aromatic heterocycles. The zero-order chi connectivity index (χ0) is 21.1. The van der Waals surface area contributed by atoms with Gasteiger partial charge < -0.3 is 9.72 Å². The van der Waals surface area contributed by atoms with Gasteiger partial charge in [-0.05, 0) is 45.4 Å². The molecule has 0 fully saturated rings. The number of aromatic nitrogens is 1. The Morgan fingerprint density at radius 3 is 2.29 bits per heavy atom. The van der Waals surface area contributed by atoms with Crippen molar-refractivity contribution < 1.29 is 27.5 Å². The van der Waals surface area contributed by atoms with Crippen molar-refractivity contribution in [2.75, 3.05) is 6.54 Å². The van der Waals surface area contributed by atoms with E-state index in [1.165, 1.54) is 26.0 Å². The molecule has 150 valence electrons. The van der Waals surface area contributed by atoms with E-state index in [0.29, 0.717) is 16.8 Å². The molecule has 0 bridgehead atoms. The van der Waals surface area contributed by atoms with Crippen LogP contribution in [0.3, 0.4) is 0 Å². The molecule has 0 aliphatic carbocycles. The number of carbonyl (C=O) groups excluding carboxylic acids is 3. The molecular weight excluding hydrogens is 384 g/mol. The van der Waals surface area contributed by atoms with Crippen LogP contribution in [0.1, 0.15) is 46.0 Å². The minimum absolute atomic E-state index is 0.0150. The Bertz CT molecular complexity index is 1010. The van der Waals surface area contributed by atoms with E-state index in [4.69, 9.17) is 4.74 Å². The molecule has 0 unspecified atom stereocenters. The predicted octanol–water partition coefficient (Wildman–Crippen LogP) is 1.93. The van der Waals surface area contributed by atoms with Gasteiger partial charge in [-0.15, -0.1) is 0 Å². The van der Waals surface area contributed by atoms with E-state index in [2.05, 4.69) is 9.71 Å². The summed E-state index contributed by atoms with van der Waals surface area (Å²) in [7, 11) is -3.86. The molecule has 1 aromatic carbocycles. The number of benzene rings is 1. The van der Waals surface area contributed by atoms with Crippen LogP contribution in [-0.2, 0) is 19.6 Å². The van der Waals surface area contributed by atoms with Crippen molar-refractivity contribution in [1.29, 1.82) is 0 Å². The Morgan fingerprint density at radius 2 is 1.75 bits per heavy atom. The maximum absolute atomic E-state index is 12.6. The maximum atomic E-state index is 12.6. The lowest BCUT2D eigenvalue weighted by molar-refractivity contribution is -0.144. The van der Waals surface area contributed by atoms with Crippen LogP contribution in [-0.4, -0.2) is 43.6 Å². The molecule has 2 aromatic rings. The number of H-pyrrole nitrogens is 1. The van der Waals surface area contributed by atoms with Gasteiger partial charge in [0.1, 0.15) is 6.54 Å². The normalized spacial score (nSPS) is 12.4. The van der Waals surface area contributed by atoms with Crippen molar-refractivity contribution in [3.63, 3.8) is 0 Å². The molecule has 2 rings (SSSR count). The van der Waals surface area contributed by atoms with Gasteiger partial charge in [0, 0.05) is 11.3 Å². The second-order valence-electron chi connectivity index (χ2n) is 6.32. The zero-order valence-corrected chi connectivity index (χ0v) is 16.8. The summed E-state index contributed by atoms with van der Waals surface area (Å²) in [5.41, 5.74) is 1.66. The van der Waals surface area contributed by atoms with E-state index in [9.17, 15) is 22.8 Å². The summed E-state index contributed by atoms with van der Waals surface area (Å²) in [6.07, 6.45) is -1.15. The standard InChI is InChI=1S/C19H22N2O6S/c1-11-17(13(3)22)12(2)21-18(11)19(24)14(4)27-16(23)10-20-28(25,26)15-8-6-5-7-9-15/h5-9,14,20-21H,10H2,1-4H3/t14-/m0/s1. The highest BCUT2D eigenvalue weighted by Gasteiger charge is 2.26. The van der Waals surface area contributed by atoms with Crippen LogP contribution in [0.4, 0.5) is 0 Å². The Labute approximate surface area is 163 Å². The SMILES string of the molecule is CC(=O)c1c(C)[nH]c(C(=O)[C@H](C)OC(=O)CNS(=O)(=O)c2ccccc2)c1C. The first kappa shape index (κ1) is 21.5. The van der Waals surface area contributed by atoms with Gasteiger partial charge in [0.15, 0.2) is 11.9 Å². The number of sulfonamides is 1. The third-order valence-corrected chi connectivity index (χ3v) is 5.59. The number of aryl methyl sites for hydroxylation is 1. The highest BCUT2D eigenvalue weighted by Crippen LogP contribution is 2.20. The topological polar surface area (TPSA) is 122 Å².